The first-order valence-electron chi connectivity index (χ1n) is 6.46. The fraction of sp³-hybridized carbons (Fsp3) is 0.500. The van der Waals surface area contributed by atoms with Gasteiger partial charge in [0, 0.05) is 13.2 Å². The molecule has 0 heterocycles. The summed E-state index contributed by atoms with van der Waals surface area (Å²) in [4.78, 5) is 11.4. The number of hydrogen-bond acceptors (Lipinski definition) is 3. The third kappa shape index (κ3) is 6.22. The number of nitrogens with one attached hydrogen (secondary N) is 2. The summed E-state index contributed by atoms with van der Waals surface area (Å²) < 4.78 is 5.31. The maximum Gasteiger partial charge on any atom is 0.315 e. The van der Waals surface area contributed by atoms with Crippen molar-refractivity contribution in [1.29, 1.82) is 0 Å². The van der Waals surface area contributed by atoms with Crippen LogP contribution in [-0.2, 0) is 17.9 Å². The van der Waals surface area contributed by atoms with Gasteiger partial charge in [-0.25, -0.2) is 4.79 Å². The van der Waals surface area contributed by atoms with Gasteiger partial charge in [0.25, 0.3) is 0 Å². The molecule has 0 spiro atoms. The molecule has 5 heteroatoms. The lowest BCUT2D eigenvalue weighted by Crippen LogP contribution is -2.41. The van der Waals surface area contributed by atoms with Crippen LogP contribution in [0.2, 0.25) is 0 Å². The molecule has 0 fully saturated rings. The molecule has 19 heavy (non-hydrogen) atoms. The van der Waals surface area contributed by atoms with Crippen LogP contribution in [0.5, 0.6) is 0 Å². The first kappa shape index (κ1) is 15.5. The van der Waals surface area contributed by atoms with Crippen molar-refractivity contribution in [3.05, 3.63) is 35.4 Å². The van der Waals surface area contributed by atoms with Gasteiger partial charge in [-0.3, -0.25) is 0 Å². The molecule has 0 aliphatic rings. The molecule has 1 rings (SSSR count). The van der Waals surface area contributed by atoms with Crippen LogP contribution in [0.15, 0.2) is 24.3 Å². The first-order chi connectivity index (χ1) is 9.15. The minimum absolute atomic E-state index is 0.0699. The van der Waals surface area contributed by atoms with Gasteiger partial charge in [-0.2, -0.15) is 0 Å². The number of carbonyl (C=O) groups is 1. The molecule has 0 aromatic heterocycles. The lowest BCUT2D eigenvalue weighted by atomic mass is 10.1. The summed E-state index contributed by atoms with van der Waals surface area (Å²) in [6.07, 6.45) is 0. The number of urea groups is 1. The van der Waals surface area contributed by atoms with E-state index in [0.717, 1.165) is 11.1 Å². The molecule has 5 nitrogen and oxygen atoms in total. The zero-order valence-corrected chi connectivity index (χ0v) is 11.5. The number of hydrogen-bond donors (Lipinski definition) is 3. The van der Waals surface area contributed by atoms with Crippen LogP contribution in [0.4, 0.5) is 4.79 Å². The number of aliphatic hydroxyl groups is 1. The minimum atomic E-state index is -0.278. The minimum Gasteiger partial charge on any atom is -0.394 e. The molecule has 1 aromatic carbocycles. The summed E-state index contributed by atoms with van der Waals surface area (Å²) in [6, 6.07) is 7.38. The third-order valence-corrected chi connectivity index (χ3v) is 2.60. The van der Waals surface area contributed by atoms with E-state index in [9.17, 15) is 4.79 Å². The summed E-state index contributed by atoms with van der Waals surface area (Å²) in [6.45, 7) is 5.40. The Kier molecular flexibility index (Phi) is 6.92. The monoisotopic (exact) mass is 266 g/mol. The second-order valence-corrected chi connectivity index (χ2v) is 4.36. The number of amides is 2. The molecule has 106 valence electrons. The lowest BCUT2D eigenvalue weighted by Gasteiger charge is -2.12. The van der Waals surface area contributed by atoms with Crippen molar-refractivity contribution in [2.75, 3.05) is 13.2 Å². The summed E-state index contributed by atoms with van der Waals surface area (Å²) in [5, 5.41) is 14.2. The second-order valence-electron chi connectivity index (χ2n) is 4.36. The van der Waals surface area contributed by atoms with E-state index < -0.39 is 0 Å². The van der Waals surface area contributed by atoms with Crippen molar-refractivity contribution in [2.45, 2.75) is 33.0 Å². The molecule has 1 aromatic rings. The average molecular weight is 266 g/mol. The molecule has 1 unspecified atom stereocenters. The van der Waals surface area contributed by atoms with Crippen LogP contribution in [0.3, 0.4) is 0 Å². The fourth-order valence-corrected chi connectivity index (χ4v) is 1.48. The Balaban J connectivity index is 2.35. The van der Waals surface area contributed by atoms with Crippen molar-refractivity contribution in [3.8, 4) is 0 Å². The van der Waals surface area contributed by atoms with Gasteiger partial charge in [0.05, 0.1) is 19.3 Å². The van der Waals surface area contributed by atoms with Crippen LogP contribution in [0.1, 0.15) is 25.0 Å². The van der Waals surface area contributed by atoms with E-state index >= 15 is 0 Å². The van der Waals surface area contributed by atoms with Crippen LogP contribution in [0.25, 0.3) is 0 Å². The van der Waals surface area contributed by atoms with Gasteiger partial charge in [0.1, 0.15) is 0 Å². The van der Waals surface area contributed by atoms with Crippen molar-refractivity contribution in [2.24, 2.45) is 0 Å². The van der Waals surface area contributed by atoms with Gasteiger partial charge < -0.3 is 20.5 Å². The summed E-state index contributed by atoms with van der Waals surface area (Å²) >= 11 is 0. The third-order valence-electron chi connectivity index (χ3n) is 2.60. The number of ether oxygens (including phenoxy) is 1. The molecule has 0 bridgehead atoms. The smallest absolute Gasteiger partial charge is 0.315 e. The number of benzene rings is 1. The molecule has 3 N–H and O–H groups in total. The predicted molar refractivity (Wildman–Crippen MR) is 73.7 cm³/mol. The second kappa shape index (κ2) is 8.50. The maximum absolute atomic E-state index is 11.4. The van der Waals surface area contributed by atoms with Crippen LogP contribution in [0, 0.1) is 0 Å². The zero-order chi connectivity index (χ0) is 14.1. The van der Waals surface area contributed by atoms with Crippen molar-refractivity contribution < 1.29 is 14.6 Å². The van der Waals surface area contributed by atoms with Crippen LogP contribution in [-0.4, -0.2) is 30.4 Å². The van der Waals surface area contributed by atoms with E-state index in [-0.39, 0.29) is 18.7 Å². The quantitative estimate of drug-likeness (QED) is 0.698. The topological polar surface area (TPSA) is 70.6 Å². The highest BCUT2D eigenvalue weighted by Gasteiger charge is 2.04. The van der Waals surface area contributed by atoms with E-state index in [2.05, 4.69) is 10.6 Å². The molecule has 0 radical (unpaired) electrons. The predicted octanol–water partition coefficient (Wildman–Crippen LogP) is 1.40. The highest BCUT2D eigenvalue weighted by molar-refractivity contribution is 5.74. The SMILES string of the molecule is CCOCc1ccc(CNC(=O)NC(C)CO)cc1. The van der Waals surface area contributed by atoms with Crippen molar-refractivity contribution in [1.82, 2.24) is 10.6 Å². The Morgan fingerprint density at radius 2 is 1.95 bits per heavy atom. The standard InChI is InChI=1S/C14H22N2O3/c1-3-19-10-13-6-4-12(5-7-13)8-15-14(18)16-11(2)9-17/h4-7,11,17H,3,8-10H2,1-2H3,(H2,15,16,18). The van der Waals surface area contributed by atoms with Crippen molar-refractivity contribution in [3.63, 3.8) is 0 Å². The van der Waals surface area contributed by atoms with E-state index in [4.69, 9.17) is 9.84 Å². The van der Waals surface area contributed by atoms with Crippen LogP contribution >= 0.6 is 0 Å². The molecule has 0 aliphatic carbocycles. The number of rotatable bonds is 7. The van der Waals surface area contributed by atoms with Gasteiger partial charge in [-0.05, 0) is 25.0 Å². The molecule has 0 saturated carbocycles. The van der Waals surface area contributed by atoms with Gasteiger partial charge in [0.15, 0.2) is 0 Å². The molecule has 0 aliphatic heterocycles. The Hall–Kier alpha value is -1.59. The van der Waals surface area contributed by atoms with Gasteiger partial charge >= 0.3 is 6.03 Å². The molecule has 0 saturated heterocycles. The molecule has 1 atom stereocenters. The summed E-state index contributed by atoms with van der Waals surface area (Å²) in [5.74, 6) is 0. The van der Waals surface area contributed by atoms with E-state index in [1.807, 2.05) is 31.2 Å². The largest absolute Gasteiger partial charge is 0.394 e. The molecule has 2 amide bonds. The Morgan fingerprint density at radius 3 is 2.53 bits per heavy atom. The normalized spacial score (nSPS) is 11.9. The maximum atomic E-state index is 11.4. The highest BCUT2D eigenvalue weighted by Crippen LogP contribution is 2.05. The average Bonchev–Trinajstić information content (AvgIpc) is 2.43. The number of aliphatic hydroxyl groups excluding tert-OH is 1. The number of carbonyl (C=O) groups excluding carboxylic acids is 1. The van der Waals surface area contributed by atoms with Gasteiger partial charge in [-0.1, -0.05) is 24.3 Å². The molecular formula is C14H22N2O3. The zero-order valence-electron chi connectivity index (χ0n) is 11.5. The van der Waals surface area contributed by atoms with Gasteiger partial charge in [-0.15, -0.1) is 0 Å². The Morgan fingerprint density at radius 1 is 1.32 bits per heavy atom. The first-order valence-corrected chi connectivity index (χ1v) is 6.46. The Bertz CT molecular complexity index is 379. The van der Waals surface area contributed by atoms with Crippen molar-refractivity contribution >= 4 is 6.03 Å². The van der Waals surface area contributed by atoms with E-state index in [0.29, 0.717) is 19.8 Å². The summed E-state index contributed by atoms with van der Waals surface area (Å²) in [7, 11) is 0. The van der Waals surface area contributed by atoms with E-state index in [1.165, 1.54) is 0 Å². The Labute approximate surface area is 114 Å². The fourth-order valence-electron chi connectivity index (χ4n) is 1.48. The lowest BCUT2D eigenvalue weighted by molar-refractivity contribution is 0.134. The van der Waals surface area contributed by atoms with Crippen LogP contribution < -0.4 is 10.6 Å². The van der Waals surface area contributed by atoms with E-state index in [1.54, 1.807) is 6.92 Å². The summed E-state index contributed by atoms with van der Waals surface area (Å²) in [5.41, 5.74) is 2.14. The molecular weight excluding hydrogens is 244 g/mol. The highest BCUT2D eigenvalue weighted by atomic mass is 16.5. The van der Waals surface area contributed by atoms with Gasteiger partial charge in [0.2, 0.25) is 0 Å².